The molecule has 7 heavy (non-hydrogen) atoms. The van der Waals surface area contributed by atoms with Gasteiger partial charge in [0.2, 0.25) is 0 Å². The fraction of sp³-hybridized carbons (Fsp3) is 0.857. The number of rotatable bonds is 2. The lowest BCUT2D eigenvalue weighted by atomic mass is 10.0. The van der Waals surface area contributed by atoms with E-state index < -0.39 is 0 Å². The molecule has 0 bridgehead atoms. The van der Waals surface area contributed by atoms with Gasteiger partial charge in [0.05, 0.1) is 0 Å². The predicted molar refractivity (Wildman–Crippen MR) is 31.9 cm³/mol. The number of hydrogen-bond donors (Lipinski definition) is 0. The van der Waals surface area contributed by atoms with E-state index in [9.17, 15) is 0 Å². The normalized spacial score (nSPS) is 24.9. The number of hydrogen-bond acceptors (Lipinski definition) is 0. The molecule has 0 aromatic carbocycles. The summed E-state index contributed by atoms with van der Waals surface area (Å²) in [4.78, 5) is 0. The molecular formula is C7H13-. The standard InChI is InChI=1S/C7H13/c1-3-4-7(2)5-6-7/h4H,3,5-6H2,1-2H3/q-1. The van der Waals surface area contributed by atoms with Gasteiger partial charge in [-0.2, -0.15) is 11.8 Å². The van der Waals surface area contributed by atoms with Crippen molar-refractivity contribution in [2.24, 2.45) is 5.41 Å². The molecule has 1 saturated carbocycles. The van der Waals surface area contributed by atoms with Gasteiger partial charge in [0, 0.05) is 0 Å². The summed E-state index contributed by atoms with van der Waals surface area (Å²) in [6.07, 6.45) is 6.53. The van der Waals surface area contributed by atoms with Gasteiger partial charge in [-0.3, -0.25) is 0 Å². The molecular weight excluding hydrogens is 84.1 g/mol. The second-order valence-corrected chi connectivity index (χ2v) is 2.77. The highest BCUT2D eigenvalue weighted by molar-refractivity contribution is 4.99. The van der Waals surface area contributed by atoms with Crippen LogP contribution in [-0.2, 0) is 0 Å². The molecule has 1 rings (SSSR count). The van der Waals surface area contributed by atoms with Crippen LogP contribution in [-0.4, -0.2) is 0 Å². The van der Waals surface area contributed by atoms with Crippen molar-refractivity contribution in [3.63, 3.8) is 0 Å². The van der Waals surface area contributed by atoms with Crippen molar-refractivity contribution >= 4 is 0 Å². The van der Waals surface area contributed by atoms with Crippen LogP contribution in [0, 0.1) is 11.8 Å². The van der Waals surface area contributed by atoms with Crippen LogP contribution in [0.4, 0.5) is 0 Å². The Labute approximate surface area is 45.9 Å². The first-order valence-corrected chi connectivity index (χ1v) is 3.11. The van der Waals surface area contributed by atoms with E-state index in [0.717, 1.165) is 0 Å². The average Bonchev–Trinajstić information content (AvgIpc) is 2.22. The van der Waals surface area contributed by atoms with Crippen LogP contribution < -0.4 is 0 Å². The third-order valence-electron chi connectivity index (χ3n) is 1.74. The molecule has 0 amide bonds. The quantitative estimate of drug-likeness (QED) is 0.464. The minimum absolute atomic E-state index is 0.675. The summed E-state index contributed by atoms with van der Waals surface area (Å²) in [5.74, 6) is 0. The first-order chi connectivity index (χ1) is 3.27. The van der Waals surface area contributed by atoms with Crippen molar-refractivity contribution in [3.8, 4) is 0 Å². The van der Waals surface area contributed by atoms with Crippen LogP contribution >= 0.6 is 0 Å². The van der Waals surface area contributed by atoms with Gasteiger partial charge in [0.15, 0.2) is 0 Å². The Bertz CT molecular complexity index is 60.4. The van der Waals surface area contributed by atoms with E-state index in [2.05, 4.69) is 20.3 Å². The second kappa shape index (κ2) is 1.50. The third-order valence-corrected chi connectivity index (χ3v) is 1.74. The van der Waals surface area contributed by atoms with Gasteiger partial charge >= 0.3 is 0 Å². The van der Waals surface area contributed by atoms with E-state index in [1.54, 1.807) is 0 Å². The molecule has 0 aromatic rings. The Balaban J connectivity index is 2.13. The van der Waals surface area contributed by atoms with Gasteiger partial charge < -0.3 is 6.42 Å². The van der Waals surface area contributed by atoms with Crippen LogP contribution in [0.25, 0.3) is 0 Å². The fourth-order valence-corrected chi connectivity index (χ4v) is 0.894. The molecule has 0 aromatic heterocycles. The first kappa shape index (κ1) is 5.14. The van der Waals surface area contributed by atoms with Gasteiger partial charge in [-0.25, -0.2) is 0 Å². The molecule has 0 radical (unpaired) electrons. The summed E-state index contributed by atoms with van der Waals surface area (Å²) in [7, 11) is 0. The maximum atomic E-state index is 2.42. The van der Waals surface area contributed by atoms with E-state index in [0.29, 0.717) is 5.41 Å². The maximum absolute atomic E-state index is 2.42. The lowest BCUT2D eigenvalue weighted by Crippen LogP contribution is -1.90. The van der Waals surface area contributed by atoms with Gasteiger partial charge in [-0.1, -0.05) is 26.7 Å². The molecule has 0 unspecified atom stereocenters. The maximum Gasteiger partial charge on any atom is -0.0772 e. The van der Waals surface area contributed by atoms with E-state index in [-0.39, 0.29) is 0 Å². The summed E-state index contributed by atoms with van der Waals surface area (Å²) < 4.78 is 0. The van der Waals surface area contributed by atoms with Crippen LogP contribution in [0.2, 0.25) is 0 Å². The van der Waals surface area contributed by atoms with Gasteiger partial charge in [-0.15, -0.1) is 0 Å². The Morgan fingerprint density at radius 3 is 2.29 bits per heavy atom. The van der Waals surface area contributed by atoms with Crippen molar-refractivity contribution in [3.05, 3.63) is 6.42 Å². The topological polar surface area (TPSA) is 0 Å². The van der Waals surface area contributed by atoms with Crippen molar-refractivity contribution < 1.29 is 0 Å². The van der Waals surface area contributed by atoms with Gasteiger partial charge in [0.1, 0.15) is 0 Å². The minimum Gasteiger partial charge on any atom is -0.323 e. The summed E-state index contributed by atoms with van der Waals surface area (Å²) >= 11 is 0. The summed E-state index contributed by atoms with van der Waals surface area (Å²) in [5, 5.41) is 0. The molecule has 0 heteroatoms. The molecule has 0 heterocycles. The zero-order chi connectivity index (χ0) is 5.33. The lowest BCUT2D eigenvalue weighted by molar-refractivity contribution is 0.649. The molecule has 1 fully saturated rings. The zero-order valence-electron chi connectivity index (χ0n) is 5.20. The lowest BCUT2D eigenvalue weighted by Gasteiger charge is -2.15. The molecule has 42 valence electrons. The van der Waals surface area contributed by atoms with Crippen LogP contribution in [0.15, 0.2) is 0 Å². The largest absolute Gasteiger partial charge is 0.323 e. The van der Waals surface area contributed by atoms with Crippen molar-refractivity contribution in [2.45, 2.75) is 33.1 Å². The SMILES string of the molecule is CC[CH-]C1(C)CC1. The first-order valence-electron chi connectivity index (χ1n) is 3.11. The Kier molecular flexibility index (Phi) is 1.10. The predicted octanol–water partition coefficient (Wildman–Crippen LogP) is 2.40. The van der Waals surface area contributed by atoms with Gasteiger partial charge in [0.25, 0.3) is 0 Å². The van der Waals surface area contributed by atoms with E-state index in [1.807, 2.05) is 0 Å². The van der Waals surface area contributed by atoms with Crippen LogP contribution in [0.5, 0.6) is 0 Å². The smallest absolute Gasteiger partial charge is 0.0772 e. The summed E-state index contributed by atoms with van der Waals surface area (Å²) in [6.45, 7) is 4.54. The molecule has 0 aliphatic heterocycles. The molecule has 0 saturated heterocycles. The molecule has 1 aliphatic carbocycles. The van der Waals surface area contributed by atoms with E-state index in [4.69, 9.17) is 0 Å². The summed E-state index contributed by atoms with van der Waals surface area (Å²) in [5.41, 5.74) is 0.675. The Hall–Kier alpha value is 0. The highest BCUT2D eigenvalue weighted by atomic mass is 14.4. The highest BCUT2D eigenvalue weighted by Gasteiger charge is 2.26. The molecule has 1 aliphatic rings. The molecule has 0 N–H and O–H groups in total. The average molecular weight is 97.2 g/mol. The van der Waals surface area contributed by atoms with Crippen LogP contribution in [0.3, 0.4) is 0 Å². The summed E-state index contributed by atoms with van der Waals surface area (Å²) in [6, 6.07) is 0. The third kappa shape index (κ3) is 1.19. The highest BCUT2D eigenvalue weighted by Crippen LogP contribution is 2.47. The fourth-order valence-electron chi connectivity index (χ4n) is 0.894. The van der Waals surface area contributed by atoms with E-state index in [1.165, 1.54) is 19.3 Å². The van der Waals surface area contributed by atoms with Gasteiger partial charge in [-0.05, 0) is 0 Å². The Morgan fingerprint density at radius 2 is 2.14 bits per heavy atom. The van der Waals surface area contributed by atoms with E-state index >= 15 is 0 Å². The van der Waals surface area contributed by atoms with Crippen molar-refractivity contribution in [1.82, 2.24) is 0 Å². The molecule has 0 nitrogen and oxygen atoms in total. The minimum atomic E-state index is 0.675. The molecule has 0 atom stereocenters. The Morgan fingerprint density at radius 1 is 1.57 bits per heavy atom. The van der Waals surface area contributed by atoms with Crippen LogP contribution in [0.1, 0.15) is 33.1 Å². The van der Waals surface area contributed by atoms with Crippen molar-refractivity contribution in [1.29, 1.82) is 0 Å². The molecule has 0 spiro atoms. The zero-order valence-corrected chi connectivity index (χ0v) is 5.20. The monoisotopic (exact) mass is 97.1 g/mol. The van der Waals surface area contributed by atoms with Crippen molar-refractivity contribution in [2.75, 3.05) is 0 Å². The second-order valence-electron chi connectivity index (χ2n) is 2.77.